The molecule has 2 aromatic heterocycles. The van der Waals surface area contributed by atoms with Crippen molar-refractivity contribution in [1.29, 1.82) is 0 Å². The second-order valence-corrected chi connectivity index (χ2v) is 7.27. The monoisotopic (exact) mass is 381 g/mol. The van der Waals surface area contributed by atoms with Gasteiger partial charge in [0.25, 0.3) is 0 Å². The number of nitrogens with one attached hydrogen (secondary N) is 2. The summed E-state index contributed by atoms with van der Waals surface area (Å²) in [6.45, 7) is 5.83. The molecule has 0 spiro atoms. The molecule has 0 bridgehead atoms. The summed E-state index contributed by atoms with van der Waals surface area (Å²) in [6, 6.07) is 8.55. The zero-order chi connectivity index (χ0) is 19.5. The molecule has 7 heteroatoms. The van der Waals surface area contributed by atoms with Gasteiger partial charge in [-0.05, 0) is 70.1 Å². The molecule has 1 aliphatic rings. The molecule has 3 heterocycles. The van der Waals surface area contributed by atoms with Gasteiger partial charge in [-0.2, -0.15) is 4.98 Å². The lowest BCUT2D eigenvalue weighted by atomic mass is 9.98. The average Bonchev–Trinajstić information content (AvgIpc) is 3.14. The first kappa shape index (κ1) is 18.6. The highest BCUT2D eigenvalue weighted by Gasteiger charge is 2.23. The van der Waals surface area contributed by atoms with E-state index in [0.29, 0.717) is 17.6 Å². The summed E-state index contributed by atoms with van der Waals surface area (Å²) in [5, 5.41) is 3.38. The van der Waals surface area contributed by atoms with Crippen LogP contribution in [-0.2, 0) is 0 Å². The minimum Gasteiger partial charge on any atom is -0.461 e. The van der Waals surface area contributed by atoms with Gasteiger partial charge in [0.2, 0.25) is 0 Å². The van der Waals surface area contributed by atoms with Crippen LogP contribution in [0.2, 0.25) is 0 Å². The Balaban J connectivity index is 1.78. The van der Waals surface area contributed by atoms with E-state index in [9.17, 15) is 4.39 Å². The summed E-state index contributed by atoms with van der Waals surface area (Å²) in [6.07, 6.45) is 3.72. The standard InChI is InChI=1S/C21H24FN5O/c1-13(2)28-21-24-12-9-17(25-21)19-18(14-3-5-16(22)6-4-14)26-20(27-19)15-7-10-23-11-8-15/h3-6,9,12-13,15,23H,7-8,10-11H2,1-2H3,(H,26,27). The van der Waals surface area contributed by atoms with Gasteiger partial charge in [0.15, 0.2) is 0 Å². The van der Waals surface area contributed by atoms with Crippen molar-refractivity contribution in [3.8, 4) is 28.7 Å². The molecular weight excluding hydrogens is 357 g/mol. The Bertz CT molecular complexity index is 932. The van der Waals surface area contributed by atoms with Crippen LogP contribution in [0.25, 0.3) is 22.6 Å². The normalized spacial score (nSPS) is 15.1. The lowest BCUT2D eigenvalue weighted by Crippen LogP contribution is -2.27. The van der Waals surface area contributed by atoms with Gasteiger partial charge >= 0.3 is 6.01 Å². The van der Waals surface area contributed by atoms with E-state index in [2.05, 4.69) is 20.3 Å². The van der Waals surface area contributed by atoms with E-state index in [4.69, 9.17) is 9.72 Å². The van der Waals surface area contributed by atoms with Crippen LogP contribution < -0.4 is 10.1 Å². The number of aromatic amines is 1. The number of hydrogen-bond donors (Lipinski definition) is 2. The second-order valence-electron chi connectivity index (χ2n) is 7.27. The third-order valence-electron chi connectivity index (χ3n) is 4.80. The average molecular weight is 381 g/mol. The Hall–Kier alpha value is -2.80. The summed E-state index contributed by atoms with van der Waals surface area (Å²) in [7, 11) is 0. The van der Waals surface area contributed by atoms with Gasteiger partial charge in [-0.3, -0.25) is 0 Å². The number of benzene rings is 1. The van der Waals surface area contributed by atoms with E-state index >= 15 is 0 Å². The predicted octanol–water partition coefficient (Wildman–Crippen LogP) is 3.93. The molecule has 1 aromatic carbocycles. The highest BCUT2D eigenvalue weighted by Crippen LogP contribution is 2.33. The van der Waals surface area contributed by atoms with Crippen molar-refractivity contribution in [2.45, 2.75) is 38.7 Å². The van der Waals surface area contributed by atoms with E-state index in [1.165, 1.54) is 12.1 Å². The van der Waals surface area contributed by atoms with Crippen molar-refractivity contribution < 1.29 is 9.13 Å². The number of piperidine rings is 1. The van der Waals surface area contributed by atoms with Gasteiger partial charge in [-0.25, -0.2) is 14.4 Å². The fraction of sp³-hybridized carbons (Fsp3) is 0.381. The number of H-pyrrole nitrogens is 1. The molecule has 146 valence electrons. The first-order chi connectivity index (χ1) is 13.6. The minimum atomic E-state index is -0.269. The molecule has 4 rings (SSSR count). The Morgan fingerprint density at radius 1 is 1.07 bits per heavy atom. The summed E-state index contributed by atoms with van der Waals surface area (Å²) in [4.78, 5) is 17.1. The maximum absolute atomic E-state index is 13.4. The van der Waals surface area contributed by atoms with Crippen LogP contribution in [0.1, 0.15) is 38.4 Å². The quantitative estimate of drug-likeness (QED) is 0.700. The van der Waals surface area contributed by atoms with E-state index in [0.717, 1.165) is 48.7 Å². The third-order valence-corrected chi connectivity index (χ3v) is 4.80. The smallest absolute Gasteiger partial charge is 0.317 e. The number of ether oxygens (including phenoxy) is 1. The van der Waals surface area contributed by atoms with Gasteiger partial charge in [-0.15, -0.1) is 0 Å². The summed E-state index contributed by atoms with van der Waals surface area (Å²) in [5.74, 6) is 1.04. The Morgan fingerprint density at radius 3 is 2.54 bits per heavy atom. The molecule has 3 aromatic rings. The molecule has 2 N–H and O–H groups in total. The molecule has 0 amide bonds. The van der Waals surface area contributed by atoms with E-state index in [1.54, 1.807) is 18.3 Å². The van der Waals surface area contributed by atoms with Crippen molar-refractivity contribution in [3.63, 3.8) is 0 Å². The van der Waals surface area contributed by atoms with Crippen LogP contribution in [0, 0.1) is 5.82 Å². The molecule has 0 atom stereocenters. The lowest BCUT2D eigenvalue weighted by molar-refractivity contribution is 0.222. The van der Waals surface area contributed by atoms with Crippen molar-refractivity contribution in [3.05, 3.63) is 48.2 Å². The molecule has 1 fully saturated rings. The molecule has 28 heavy (non-hydrogen) atoms. The highest BCUT2D eigenvalue weighted by molar-refractivity contribution is 5.76. The zero-order valence-electron chi connectivity index (χ0n) is 16.1. The maximum atomic E-state index is 13.4. The number of hydrogen-bond acceptors (Lipinski definition) is 5. The molecule has 6 nitrogen and oxygen atoms in total. The number of rotatable bonds is 5. The fourth-order valence-electron chi connectivity index (χ4n) is 3.43. The first-order valence-electron chi connectivity index (χ1n) is 9.67. The molecule has 1 aliphatic heterocycles. The highest BCUT2D eigenvalue weighted by atomic mass is 19.1. The number of halogens is 1. The Labute approximate surface area is 163 Å². The number of nitrogens with zero attached hydrogens (tertiary/aromatic N) is 3. The Kier molecular flexibility index (Phi) is 5.34. The summed E-state index contributed by atoms with van der Waals surface area (Å²) < 4.78 is 19.1. The Morgan fingerprint density at radius 2 is 1.82 bits per heavy atom. The number of imidazole rings is 1. The van der Waals surface area contributed by atoms with Crippen molar-refractivity contribution >= 4 is 0 Å². The summed E-state index contributed by atoms with van der Waals surface area (Å²) in [5.41, 5.74) is 3.12. The topological polar surface area (TPSA) is 75.7 Å². The second kappa shape index (κ2) is 8.06. The van der Waals surface area contributed by atoms with Crippen molar-refractivity contribution in [2.24, 2.45) is 0 Å². The van der Waals surface area contributed by atoms with Crippen LogP contribution in [0.3, 0.4) is 0 Å². The van der Waals surface area contributed by atoms with Gasteiger partial charge in [-0.1, -0.05) is 0 Å². The van der Waals surface area contributed by atoms with E-state index in [-0.39, 0.29) is 11.9 Å². The van der Waals surface area contributed by atoms with Gasteiger partial charge < -0.3 is 15.0 Å². The fourth-order valence-corrected chi connectivity index (χ4v) is 3.43. The third kappa shape index (κ3) is 4.04. The molecule has 1 saturated heterocycles. The van der Waals surface area contributed by atoms with Crippen LogP contribution >= 0.6 is 0 Å². The molecule has 0 unspecified atom stereocenters. The largest absolute Gasteiger partial charge is 0.461 e. The lowest BCUT2D eigenvalue weighted by Gasteiger charge is -2.20. The predicted molar refractivity (Wildman–Crippen MR) is 106 cm³/mol. The van der Waals surface area contributed by atoms with Gasteiger partial charge in [0, 0.05) is 17.7 Å². The van der Waals surface area contributed by atoms with Gasteiger partial charge in [0.05, 0.1) is 23.2 Å². The van der Waals surface area contributed by atoms with Crippen molar-refractivity contribution in [2.75, 3.05) is 13.1 Å². The summed E-state index contributed by atoms with van der Waals surface area (Å²) >= 11 is 0. The van der Waals surface area contributed by atoms with Crippen LogP contribution in [0.4, 0.5) is 4.39 Å². The van der Waals surface area contributed by atoms with E-state index < -0.39 is 0 Å². The van der Waals surface area contributed by atoms with Crippen LogP contribution in [0.15, 0.2) is 36.5 Å². The van der Waals surface area contributed by atoms with Crippen LogP contribution in [0.5, 0.6) is 6.01 Å². The first-order valence-corrected chi connectivity index (χ1v) is 9.67. The SMILES string of the molecule is CC(C)Oc1nccc(-c2[nH]c(C3CCNCC3)nc2-c2ccc(F)cc2)n1. The molecule has 0 radical (unpaired) electrons. The van der Waals surface area contributed by atoms with Crippen LogP contribution in [-0.4, -0.2) is 39.1 Å². The number of aromatic nitrogens is 4. The molecule has 0 saturated carbocycles. The minimum absolute atomic E-state index is 0.0149. The zero-order valence-corrected chi connectivity index (χ0v) is 16.1. The van der Waals surface area contributed by atoms with Gasteiger partial charge in [0.1, 0.15) is 11.6 Å². The maximum Gasteiger partial charge on any atom is 0.317 e. The van der Waals surface area contributed by atoms with Crippen molar-refractivity contribution in [1.82, 2.24) is 25.3 Å². The molecule has 0 aliphatic carbocycles. The molecular formula is C21H24FN5O. The van der Waals surface area contributed by atoms with E-state index in [1.807, 2.05) is 19.9 Å².